The molecule has 2 rings (SSSR count). The van der Waals surface area contributed by atoms with Crippen molar-refractivity contribution in [1.29, 1.82) is 0 Å². The molecule has 93 valence electrons. The fourth-order valence-corrected chi connectivity index (χ4v) is 1.74. The van der Waals surface area contributed by atoms with Crippen molar-refractivity contribution in [3.8, 4) is 0 Å². The van der Waals surface area contributed by atoms with Crippen LogP contribution in [-0.2, 0) is 16.8 Å². The van der Waals surface area contributed by atoms with E-state index in [2.05, 4.69) is 25.9 Å². The number of hydrogen-bond acceptors (Lipinski definition) is 2. The molecule has 0 unspecified atom stereocenters. The molecule has 0 saturated heterocycles. The fraction of sp³-hybridized carbons (Fsp3) is 0.333. The van der Waals surface area contributed by atoms with Gasteiger partial charge in [-0.05, 0) is 11.6 Å². The second-order valence-corrected chi connectivity index (χ2v) is 5.41. The second kappa shape index (κ2) is 4.77. The Hall–Kier alpha value is -1.90. The van der Waals surface area contributed by atoms with E-state index < -0.39 is 0 Å². The van der Waals surface area contributed by atoms with Crippen LogP contribution in [0.5, 0.6) is 0 Å². The van der Waals surface area contributed by atoms with Crippen molar-refractivity contribution in [2.45, 2.75) is 32.7 Å². The number of nitrogens with zero attached hydrogens (tertiary/aromatic N) is 2. The van der Waals surface area contributed by atoms with Gasteiger partial charge in [0.25, 0.3) is 6.29 Å². The van der Waals surface area contributed by atoms with Gasteiger partial charge in [-0.25, -0.2) is 0 Å². The zero-order valence-corrected chi connectivity index (χ0v) is 11.0. The number of rotatable bonds is 3. The van der Waals surface area contributed by atoms with E-state index in [1.165, 1.54) is 0 Å². The van der Waals surface area contributed by atoms with Crippen molar-refractivity contribution in [3.05, 3.63) is 53.3 Å². The van der Waals surface area contributed by atoms with E-state index >= 15 is 0 Å². The first-order valence-electron chi connectivity index (χ1n) is 6.01. The van der Waals surface area contributed by atoms with Gasteiger partial charge in [-0.1, -0.05) is 51.1 Å². The Kier molecular flexibility index (Phi) is 3.32. The molecule has 0 fully saturated rings. The van der Waals surface area contributed by atoms with Gasteiger partial charge in [0, 0.05) is 5.41 Å². The minimum atomic E-state index is -0.0620. The predicted molar refractivity (Wildman–Crippen MR) is 71.3 cm³/mol. The number of hydrogen-bond donors (Lipinski definition) is 0. The predicted octanol–water partition coefficient (Wildman–Crippen LogP) is 2.69. The molecule has 1 aromatic heterocycles. The molecule has 1 heterocycles. The molecule has 18 heavy (non-hydrogen) atoms. The van der Waals surface area contributed by atoms with Crippen LogP contribution in [0.1, 0.15) is 37.7 Å². The Morgan fingerprint density at radius 1 is 1.22 bits per heavy atom. The molecule has 0 atom stereocenters. The molecular formula is C15H17N2O. The summed E-state index contributed by atoms with van der Waals surface area (Å²) in [6.07, 6.45) is 1.96. The lowest BCUT2D eigenvalue weighted by atomic mass is 9.92. The third-order valence-electron chi connectivity index (χ3n) is 2.83. The van der Waals surface area contributed by atoms with Crippen LogP contribution in [0.4, 0.5) is 0 Å². The van der Waals surface area contributed by atoms with Crippen molar-refractivity contribution < 1.29 is 4.79 Å². The van der Waals surface area contributed by atoms with E-state index in [9.17, 15) is 4.79 Å². The van der Waals surface area contributed by atoms with E-state index in [0.29, 0.717) is 12.2 Å². The van der Waals surface area contributed by atoms with Crippen LogP contribution in [0.2, 0.25) is 0 Å². The first-order valence-corrected chi connectivity index (χ1v) is 6.01. The zero-order chi connectivity index (χ0) is 13.2. The Labute approximate surface area is 107 Å². The lowest BCUT2D eigenvalue weighted by molar-refractivity contribution is 0.539. The first-order chi connectivity index (χ1) is 8.50. The van der Waals surface area contributed by atoms with Crippen molar-refractivity contribution in [1.82, 2.24) is 9.78 Å². The summed E-state index contributed by atoms with van der Waals surface area (Å²) >= 11 is 0. The summed E-state index contributed by atoms with van der Waals surface area (Å²) < 4.78 is 1.71. The van der Waals surface area contributed by atoms with Gasteiger partial charge in [0.05, 0.1) is 12.2 Å². The highest BCUT2D eigenvalue weighted by Crippen LogP contribution is 2.21. The minimum absolute atomic E-state index is 0.0620. The number of aromatic nitrogens is 2. The standard InChI is InChI=1S/C15H17N2O/c1-15(2,3)14-9-13(11-18)17(16-14)10-12-7-5-4-6-8-12/h4-9H,10H2,1-3H3. The smallest absolute Gasteiger partial charge is 0.253 e. The van der Waals surface area contributed by atoms with Crippen LogP contribution in [0, 0.1) is 0 Å². The van der Waals surface area contributed by atoms with E-state index in [1.54, 1.807) is 4.68 Å². The molecular weight excluding hydrogens is 224 g/mol. The molecule has 3 heteroatoms. The summed E-state index contributed by atoms with van der Waals surface area (Å²) in [7, 11) is 0. The van der Waals surface area contributed by atoms with Gasteiger partial charge in [-0.2, -0.15) is 5.10 Å². The maximum atomic E-state index is 11.0. The van der Waals surface area contributed by atoms with Gasteiger partial charge in [0.2, 0.25) is 0 Å². The molecule has 1 aromatic carbocycles. The van der Waals surface area contributed by atoms with Gasteiger partial charge in [-0.15, -0.1) is 0 Å². The maximum absolute atomic E-state index is 11.0. The molecule has 0 amide bonds. The normalized spacial score (nSPS) is 11.5. The van der Waals surface area contributed by atoms with Crippen molar-refractivity contribution in [2.24, 2.45) is 0 Å². The summed E-state index contributed by atoms with van der Waals surface area (Å²) in [5.74, 6) is 0. The third kappa shape index (κ3) is 2.67. The van der Waals surface area contributed by atoms with Crippen molar-refractivity contribution in [2.75, 3.05) is 0 Å². The Morgan fingerprint density at radius 3 is 2.44 bits per heavy atom. The van der Waals surface area contributed by atoms with Gasteiger partial charge in [0.15, 0.2) is 0 Å². The molecule has 0 N–H and O–H groups in total. The highest BCUT2D eigenvalue weighted by molar-refractivity contribution is 5.73. The highest BCUT2D eigenvalue weighted by Gasteiger charge is 2.19. The summed E-state index contributed by atoms with van der Waals surface area (Å²) in [5, 5.41) is 4.50. The summed E-state index contributed by atoms with van der Waals surface area (Å²) in [4.78, 5) is 11.0. The van der Waals surface area contributed by atoms with Crippen LogP contribution in [0.3, 0.4) is 0 Å². The molecule has 0 aliphatic rings. The molecule has 2 aromatic rings. The summed E-state index contributed by atoms with van der Waals surface area (Å²) in [6.45, 7) is 6.84. The average Bonchev–Trinajstić information content (AvgIpc) is 2.73. The van der Waals surface area contributed by atoms with Crippen molar-refractivity contribution in [3.63, 3.8) is 0 Å². The molecule has 1 radical (unpaired) electrons. The fourth-order valence-electron chi connectivity index (χ4n) is 1.74. The van der Waals surface area contributed by atoms with Gasteiger partial charge >= 0.3 is 0 Å². The minimum Gasteiger partial charge on any atom is -0.283 e. The van der Waals surface area contributed by atoms with Crippen LogP contribution < -0.4 is 0 Å². The summed E-state index contributed by atoms with van der Waals surface area (Å²) in [6, 6.07) is 11.8. The van der Waals surface area contributed by atoms with Crippen LogP contribution in [0.15, 0.2) is 36.4 Å². The van der Waals surface area contributed by atoms with Crippen molar-refractivity contribution >= 4 is 6.29 Å². The average molecular weight is 241 g/mol. The lowest BCUT2D eigenvalue weighted by Crippen LogP contribution is -2.13. The lowest BCUT2D eigenvalue weighted by Gasteiger charge is -2.14. The maximum Gasteiger partial charge on any atom is 0.253 e. The molecule has 0 bridgehead atoms. The Bertz CT molecular complexity index is 535. The SMILES string of the molecule is CC(C)(C)c1cc([C]=O)n(Cc2ccccc2)n1. The Morgan fingerprint density at radius 2 is 1.89 bits per heavy atom. The van der Waals surface area contributed by atoms with Gasteiger partial charge < -0.3 is 0 Å². The van der Waals surface area contributed by atoms with E-state index in [-0.39, 0.29) is 5.41 Å². The molecule has 0 aliphatic carbocycles. The molecule has 0 saturated carbocycles. The topological polar surface area (TPSA) is 34.9 Å². The molecule has 3 nitrogen and oxygen atoms in total. The monoisotopic (exact) mass is 241 g/mol. The quantitative estimate of drug-likeness (QED) is 0.828. The highest BCUT2D eigenvalue weighted by atomic mass is 16.1. The largest absolute Gasteiger partial charge is 0.283 e. The first kappa shape index (κ1) is 12.6. The van der Waals surface area contributed by atoms with Crippen LogP contribution in [0.25, 0.3) is 0 Å². The molecule has 0 aliphatic heterocycles. The second-order valence-electron chi connectivity index (χ2n) is 5.41. The van der Waals surface area contributed by atoms with Crippen LogP contribution >= 0.6 is 0 Å². The van der Waals surface area contributed by atoms with Crippen LogP contribution in [-0.4, -0.2) is 16.1 Å². The van der Waals surface area contributed by atoms with Gasteiger partial charge in [-0.3, -0.25) is 9.48 Å². The van der Waals surface area contributed by atoms with E-state index in [0.717, 1.165) is 11.3 Å². The number of carbonyl (C=O) groups excluding carboxylic acids is 1. The third-order valence-corrected chi connectivity index (χ3v) is 2.83. The number of benzene rings is 1. The zero-order valence-electron chi connectivity index (χ0n) is 11.0. The Balaban J connectivity index is 2.33. The van der Waals surface area contributed by atoms with E-state index in [1.807, 2.05) is 42.7 Å². The van der Waals surface area contributed by atoms with E-state index in [4.69, 9.17) is 0 Å². The summed E-state index contributed by atoms with van der Waals surface area (Å²) in [5.41, 5.74) is 2.48. The van der Waals surface area contributed by atoms with Gasteiger partial charge in [0.1, 0.15) is 5.69 Å². The molecule has 0 spiro atoms.